The lowest BCUT2D eigenvalue weighted by atomic mass is 9.95. The van der Waals surface area contributed by atoms with E-state index in [1.165, 1.54) is 18.8 Å². The largest absolute Gasteiger partial charge is 0.0654 e. The highest BCUT2D eigenvalue weighted by Gasteiger charge is 2.52. The van der Waals surface area contributed by atoms with Crippen LogP contribution in [0.15, 0.2) is 0 Å². The van der Waals surface area contributed by atoms with Crippen LogP contribution in [-0.4, -0.2) is 0 Å². The van der Waals surface area contributed by atoms with Crippen molar-refractivity contribution in [2.75, 3.05) is 0 Å². The van der Waals surface area contributed by atoms with E-state index in [1.54, 1.807) is 25.7 Å². The van der Waals surface area contributed by atoms with Gasteiger partial charge in [0.2, 0.25) is 0 Å². The second-order valence-electron chi connectivity index (χ2n) is 3.89. The molecule has 0 bridgehead atoms. The van der Waals surface area contributed by atoms with Gasteiger partial charge in [0.25, 0.3) is 0 Å². The van der Waals surface area contributed by atoms with Gasteiger partial charge in [0.15, 0.2) is 0 Å². The van der Waals surface area contributed by atoms with Crippen LogP contribution in [0.1, 0.15) is 45.4 Å². The lowest BCUT2D eigenvalue weighted by molar-refractivity contribution is 0.400. The van der Waals surface area contributed by atoms with E-state index < -0.39 is 0 Å². The molecule has 0 amide bonds. The lowest BCUT2D eigenvalue weighted by Gasteiger charge is -2.10. The third kappa shape index (κ3) is 0.889. The molecule has 2 saturated carbocycles. The topological polar surface area (TPSA) is 0 Å². The molecule has 2 aliphatic rings. The molecule has 0 N–H and O–H groups in total. The molecule has 0 atom stereocenters. The van der Waals surface area contributed by atoms with Crippen molar-refractivity contribution in [3.05, 3.63) is 0 Å². The molecule has 0 heteroatoms. The summed E-state index contributed by atoms with van der Waals surface area (Å²) in [4.78, 5) is 0. The quantitative estimate of drug-likeness (QED) is 0.542. The molecule has 2 fully saturated rings. The molecule has 0 aromatic heterocycles. The zero-order valence-corrected chi connectivity index (χ0v) is 6.32. The zero-order valence-electron chi connectivity index (χ0n) is 6.32. The Labute approximate surface area is 57.6 Å². The Balaban J connectivity index is 1.89. The molecule has 52 valence electrons. The molecule has 0 nitrogen and oxygen atoms in total. The van der Waals surface area contributed by atoms with E-state index in [-0.39, 0.29) is 0 Å². The van der Waals surface area contributed by atoms with E-state index in [2.05, 4.69) is 6.92 Å². The van der Waals surface area contributed by atoms with Crippen LogP contribution in [0.4, 0.5) is 0 Å². The van der Waals surface area contributed by atoms with Gasteiger partial charge >= 0.3 is 0 Å². The van der Waals surface area contributed by atoms with Gasteiger partial charge in [-0.3, -0.25) is 0 Å². The maximum atomic E-state index is 2.32. The molecule has 0 unspecified atom stereocenters. The second-order valence-corrected chi connectivity index (χ2v) is 3.89. The Morgan fingerprint density at radius 3 is 2.33 bits per heavy atom. The van der Waals surface area contributed by atoms with Crippen molar-refractivity contribution in [3.63, 3.8) is 0 Å². The number of hydrogen-bond acceptors (Lipinski definition) is 0. The van der Waals surface area contributed by atoms with Crippen molar-refractivity contribution in [2.24, 2.45) is 11.3 Å². The summed E-state index contributed by atoms with van der Waals surface area (Å²) in [7, 11) is 0. The Morgan fingerprint density at radius 1 is 1.33 bits per heavy atom. The SMILES string of the molecule is CCCC1(C2CC2)CC1. The molecule has 2 rings (SSSR count). The van der Waals surface area contributed by atoms with Crippen LogP contribution in [0.3, 0.4) is 0 Å². The highest BCUT2D eigenvalue weighted by molar-refractivity contribution is 5.03. The van der Waals surface area contributed by atoms with Crippen molar-refractivity contribution in [3.8, 4) is 0 Å². The van der Waals surface area contributed by atoms with Crippen LogP contribution in [0.5, 0.6) is 0 Å². The number of hydrogen-bond donors (Lipinski definition) is 0. The van der Waals surface area contributed by atoms with E-state index in [4.69, 9.17) is 0 Å². The van der Waals surface area contributed by atoms with E-state index >= 15 is 0 Å². The van der Waals surface area contributed by atoms with Gasteiger partial charge in [0.05, 0.1) is 0 Å². The van der Waals surface area contributed by atoms with E-state index in [1.807, 2.05) is 0 Å². The maximum absolute atomic E-state index is 2.32. The van der Waals surface area contributed by atoms with Gasteiger partial charge in [-0.15, -0.1) is 0 Å². The lowest BCUT2D eigenvalue weighted by Crippen LogP contribution is -2.01. The minimum absolute atomic E-state index is 0.911. The fourth-order valence-corrected chi connectivity index (χ4v) is 2.22. The fraction of sp³-hybridized carbons (Fsp3) is 1.00. The Morgan fingerprint density at radius 2 is 2.00 bits per heavy atom. The van der Waals surface area contributed by atoms with Crippen molar-refractivity contribution in [2.45, 2.75) is 45.4 Å². The minimum atomic E-state index is 0.911. The summed E-state index contributed by atoms with van der Waals surface area (Å²) < 4.78 is 0. The summed E-state index contributed by atoms with van der Waals surface area (Å²) in [6, 6.07) is 0. The summed E-state index contributed by atoms with van der Waals surface area (Å²) in [6.07, 6.45) is 9.17. The predicted octanol–water partition coefficient (Wildman–Crippen LogP) is 2.98. The van der Waals surface area contributed by atoms with E-state index in [0.29, 0.717) is 0 Å². The fourth-order valence-electron chi connectivity index (χ4n) is 2.22. The standard InChI is InChI=1S/C9H16/c1-2-5-9(6-7-9)8-3-4-8/h8H,2-7H2,1H3. The van der Waals surface area contributed by atoms with Crippen molar-refractivity contribution in [1.29, 1.82) is 0 Å². The molecule has 0 aromatic carbocycles. The van der Waals surface area contributed by atoms with Crippen LogP contribution < -0.4 is 0 Å². The van der Waals surface area contributed by atoms with E-state index in [0.717, 1.165) is 5.41 Å². The third-order valence-electron chi connectivity index (χ3n) is 3.08. The Hall–Kier alpha value is 0. The van der Waals surface area contributed by atoms with Gasteiger partial charge in [0.1, 0.15) is 0 Å². The Bertz CT molecular complexity index is 107. The third-order valence-corrected chi connectivity index (χ3v) is 3.08. The molecule has 9 heavy (non-hydrogen) atoms. The highest BCUT2D eigenvalue weighted by Crippen LogP contribution is 2.63. The van der Waals surface area contributed by atoms with Crippen LogP contribution in [0, 0.1) is 11.3 Å². The molecular formula is C9H16. The highest BCUT2D eigenvalue weighted by atomic mass is 14.6. The first-order valence-corrected chi connectivity index (χ1v) is 4.37. The Kier molecular flexibility index (Phi) is 1.12. The first-order valence-electron chi connectivity index (χ1n) is 4.37. The molecule has 2 aliphatic carbocycles. The van der Waals surface area contributed by atoms with Gasteiger partial charge in [-0.05, 0) is 43.4 Å². The van der Waals surface area contributed by atoms with Gasteiger partial charge < -0.3 is 0 Å². The maximum Gasteiger partial charge on any atom is -0.0269 e. The van der Waals surface area contributed by atoms with Gasteiger partial charge in [-0.1, -0.05) is 13.3 Å². The molecule has 0 spiro atoms. The molecular weight excluding hydrogens is 108 g/mol. The van der Waals surface area contributed by atoms with Gasteiger partial charge in [-0.25, -0.2) is 0 Å². The van der Waals surface area contributed by atoms with Crippen molar-refractivity contribution in [1.82, 2.24) is 0 Å². The monoisotopic (exact) mass is 124 g/mol. The van der Waals surface area contributed by atoms with Gasteiger partial charge in [0, 0.05) is 0 Å². The summed E-state index contributed by atoms with van der Waals surface area (Å²) in [5.74, 6) is 1.18. The molecule has 0 aromatic rings. The summed E-state index contributed by atoms with van der Waals surface area (Å²) in [5.41, 5.74) is 0.911. The van der Waals surface area contributed by atoms with Gasteiger partial charge in [-0.2, -0.15) is 0 Å². The van der Waals surface area contributed by atoms with Crippen LogP contribution in [0.2, 0.25) is 0 Å². The van der Waals surface area contributed by atoms with E-state index in [9.17, 15) is 0 Å². The summed E-state index contributed by atoms with van der Waals surface area (Å²) in [5, 5.41) is 0. The molecule has 0 heterocycles. The zero-order chi connectivity index (χ0) is 6.32. The molecule has 0 saturated heterocycles. The van der Waals surface area contributed by atoms with Crippen LogP contribution in [-0.2, 0) is 0 Å². The van der Waals surface area contributed by atoms with Crippen molar-refractivity contribution >= 4 is 0 Å². The smallest absolute Gasteiger partial charge is 0.0269 e. The minimum Gasteiger partial charge on any atom is -0.0654 e. The normalized spacial score (nSPS) is 30.3. The summed E-state index contributed by atoms with van der Waals surface area (Å²) >= 11 is 0. The number of rotatable bonds is 3. The first-order chi connectivity index (χ1) is 4.37. The first kappa shape index (κ1) is 5.76. The second kappa shape index (κ2) is 1.74. The average Bonchev–Trinajstić information content (AvgIpc) is 2.61. The molecule has 0 radical (unpaired) electrons. The average molecular weight is 124 g/mol. The molecule has 0 aliphatic heterocycles. The predicted molar refractivity (Wildman–Crippen MR) is 39.3 cm³/mol. The van der Waals surface area contributed by atoms with Crippen LogP contribution >= 0.6 is 0 Å². The van der Waals surface area contributed by atoms with Crippen LogP contribution in [0.25, 0.3) is 0 Å². The summed E-state index contributed by atoms with van der Waals surface area (Å²) in [6.45, 7) is 2.32. The van der Waals surface area contributed by atoms with Crippen molar-refractivity contribution < 1.29 is 0 Å².